The van der Waals surface area contributed by atoms with Crippen LogP contribution in [0.15, 0.2) is 12.4 Å². The van der Waals surface area contributed by atoms with Crippen molar-refractivity contribution in [3.05, 3.63) is 18.1 Å². The molecule has 110 valence electrons. The summed E-state index contributed by atoms with van der Waals surface area (Å²) >= 11 is 2.06. The minimum absolute atomic E-state index is 0.382. The second-order valence-corrected chi connectivity index (χ2v) is 8.17. The van der Waals surface area contributed by atoms with Crippen LogP contribution in [0.3, 0.4) is 0 Å². The van der Waals surface area contributed by atoms with Crippen molar-refractivity contribution in [1.29, 1.82) is 0 Å². The van der Waals surface area contributed by atoms with Gasteiger partial charge in [-0.1, -0.05) is 13.8 Å². The number of anilines is 1. The molecular formula is C15H24N4S. The summed E-state index contributed by atoms with van der Waals surface area (Å²) in [5, 5.41) is 3.50. The van der Waals surface area contributed by atoms with E-state index in [1.807, 2.05) is 12.4 Å². The summed E-state index contributed by atoms with van der Waals surface area (Å²) in [4.78, 5) is 11.5. The van der Waals surface area contributed by atoms with Gasteiger partial charge in [-0.25, -0.2) is 4.98 Å². The van der Waals surface area contributed by atoms with Gasteiger partial charge in [-0.15, -0.1) is 0 Å². The first-order valence-corrected chi connectivity index (χ1v) is 8.54. The van der Waals surface area contributed by atoms with Crippen LogP contribution in [-0.2, 0) is 6.54 Å². The standard InChI is InChI=1S/C15H24N4S/c1-15(2)5-6-19(7-8-20-15)14-11-16-9-13(18-14)10-17-12-3-4-12/h9,11-12,17H,3-8,10H2,1-2H3. The number of hydrogen-bond donors (Lipinski definition) is 1. The first-order valence-electron chi connectivity index (χ1n) is 7.56. The molecule has 2 aliphatic rings. The molecule has 2 heterocycles. The molecule has 1 aliphatic heterocycles. The van der Waals surface area contributed by atoms with Gasteiger partial charge in [0.05, 0.1) is 11.9 Å². The molecule has 3 rings (SSSR count). The third-order valence-electron chi connectivity index (χ3n) is 3.98. The van der Waals surface area contributed by atoms with Gasteiger partial charge in [-0.2, -0.15) is 11.8 Å². The number of nitrogens with one attached hydrogen (secondary N) is 1. The lowest BCUT2D eigenvalue weighted by Gasteiger charge is -2.23. The molecule has 0 aromatic carbocycles. The maximum atomic E-state index is 4.78. The minimum Gasteiger partial charge on any atom is -0.354 e. The molecule has 1 aromatic rings. The fourth-order valence-electron chi connectivity index (χ4n) is 2.42. The van der Waals surface area contributed by atoms with E-state index in [0.29, 0.717) is 4.75 Å². The molecule has 0 radical (unpaired) electrons. The average Bonchev–Trinajstić information content (AvgIpc) is 3.24. The van der Waals surface area contributed by atoms with Gasteiger partial charge in [0.15, 0.2) is 0 Å². The zero-order valence-corrected chi connectivity index (χ0v) is 13.2. The Balaban J connectivity index is 1.64. The molecule has 0 amide bonds. The lowest BCUT2D eigenvalue weighted by molar-refractivity contribution is 0.631. The second kappa shape index (κ2) is 5.90. The predicted molar refractivity (Wildman–Crippen MR) is 85.3 cm³/mol. The molecule has 2 fully saturated rings. The summed E-state index contributed by atoms with van der Waals surface area (Å²) in [5.41, 5.74) is 1.06. The number of rotatable bonds is 4. The van der Waals surface area contributed by atoms with E-state index in [4.69, 9.17) is 4.98 Å². The van der Waals surface area contributed by atoms with Crippen LogP contribution >= 0.6 is 11.8 Å². The van der Waals surface area contributed by atoms with Gasteiger partial charge in [0.1, 0.15) is 5.82 Å². The number of nitrogens with zero attached hydrogens (tertiary/aromatic N) is 3. The minimum atomic E-state index is 0.382. The van der Waals surface area contributed by atoms with E-state index in [9.17, 15) is 0 Å². The zero-order valence-electron chi connectivity index (χ0n) is 12.4. The first-order chi connectivity index (χ1) is 9.62. The Morgan fingerprint density at radius 3 is 3.00 bits per heavy atom. The Labute approximate surface area is 125 Å². The van der Waals surface area contributed by atoms with Gasteiger partial charge < -0.3 is 10.2 Å². The molecule has 1 aromatic heterocycles. The van der Waals surface area contributed by atoms with E-state index in [1.54, 1.807) is 0 Å². The van der Waals surface area contributed by atoms with Gasteiger partial charge in [0, 0.05) is 42.4 Å². The van der Waals surface area contributed by atoms with Gasteiger partial charge in [0.2, 0.25) is 0 Å². The fraction of sp³-hybridized carbons (Fsp3) is 0.733. The third-order valence-corrected chi connectivity index (χ3v) is 5.36. The quantitative estimate of drug-likeness (QED) is 0.923. The van der Waals surface area contributed by atoms with Gasteiger partial charge in [-0.3, -0.25) is 4.98 Å². The van der Waals surface area contributed by atoms with Crippen molar-refractivity contribution in [3.8, 4) is 0 Å². The molecule has 0 unspecified atom stereocenters. The summed E-state index contributed by atoms with van der Waals surface area (Å²) in [6.07, 6.45) is 7.61. The molecule has 0 atom stereocenters. The summed E-state index contributed by atoms with van der Waals surface area (Å²) in [6.45, 7) is 7.67. The van der Waals surface area contributed by atoms with Gasteiger partial charge in [-0.05, 0) is 19.3 Å². The molecule has 20 heavy (non-hydrogen) atoms. The highest BCUT2D eigenvalue weighted by Gasteiger charge is 2.24. The first kappa shape index (κ1) is 14.1. The summed E-state index contributed by atoms with van der Waals surface area (Å²) in [6, 6.07) is 0.718. The largest absolute Gasteiger partial charge is 0.354 e. The molecule has 1 N–H and O–H groups in total. The van der Waals surface area contributed by atoms with Crippen LogP contribution in [0.1, 0.15) is 38.8 Å². The highest BCUT2D eigenvalue weighted by Crippen LogP contribution is 2.31. The van der Waals surface area contributed by atoms with E-state index in [1.165, 1.54) is 25.0 Å². The number of thioether (sulfide) groups is 1. The maximum Gasteiger partial charge on any atom is 0.147 e. The van der Waals surface area contributed by atoms with Crippen LogP contribution in [0.5, 0.6) is 0 Å². The molecule has 1 saturated carbocycles. The Kier molecular flexibility index (Phi) is 4.17. The topological polar surface area (TPSA) is 41.1 Å². The summed E-state index contributed by atoms with van der Waals surface area (Å²) < 4.78 is 0.382. The Morgan fingerprint density at radius 1 is 1.35 bits per heavy atom. The van der Waals surface area contributed by atoms with Crippen molar-refractivity contribution >= 4 is 17.6 Å². The van der Waals surface area contributed by atoms with Crippen LogP contribution in [0.25, 0.3) is 0 Å². The van der Waals surface area contributed by atoms with Crippen molar-refractivity contribution in [2.24, 2.45) is 0 Å². The van der Waals surface area contributed by atoms with Crippen LogP contribution < -0.4 is 10.2 Å². The molecule has 0 spiro atoms. The zero-order chi connectivity index (χ0) is 14.0. The second-order valence-electron chi connectivity index (χ2n) is 6.37. The molecule has 1 aliphatic carbocycles. The Morgan fingerprint density at radius 2 is 2.20 bits per heavy atom. The third kappa shape index (κ3) is 3.85. The lowest BCUT2D eigenvalue weighted by Crippen LogP contribution is -2.28. The average molecular weight is 292 g/mol. The van der Waals surface area contributed by atoms with Crippen LogP contribution in [0, 0.1) is 0 Å². The lowest BCUT2D eigenvalue weighted by atomic mass is 10.1. The maximum absolute atomic E-state index is 4.78. The predicted octanol–water partition coefficient (Wildman–Crippen LogP) is 2.45. The molecule has 1 saturated heterocycles. The summed E-state index contributed by atoms with van der Waals surface area (Å²) in [5.74, 6) is 2.21. The monoisotopic (exact) mass is 292 g/mol. The Bertz CT molecular complexity index is 459. The highest BCUT2D eigenvalue weighted by molar-refractivity contribution is 8.00. The van der Waals surface area contributed by atoms with Crippen molar-refractivity contribution in [2.75, 3.05) is 23.7 Å². The smallest absolute Gasteiger partial charge is 0.147 e. The molecule has 4 nitrogen and oxygen atoms in total. The van der Waals surface area contributed by atoms with Crippen LogP contribution in [-0.4, -0.2) is 39.6 Å². The van der Waals surface area contributed by atoms with Crippen molar-refractivity contribution in [1.82, 2.24) is 15.3 Å². The highest BCUT2D eigenvalue weighted by atomic mass is 32.2. The Hall–Kier alpha value is -0.810. The fourth-order valence-corrected chi connectivity index (χ4v) is 3.52. The van der Waals surface area contributed by atoms with E-state index < -0.39 is 0 Å². The van der Waals surface area contributed by atoms with Crippen molar-refractivity contribution in [3.63, 3.8) is 0 Å². The normalized spacial score (nSPS) is 22.6. The number of aromatic nitrogens is 2. The van der Waals surface area contributed by atoms with E-state index in [0.717, 1.165) is 37.2 Å². The van der Waals surface area contributed by atoms with Crippen LogP contribution in [0.4, 0.5) is 5.82 Å². The molecule has 0 bridgehead atoms. The van der Waals surface area contributed by atoms with Gasteiger partial charge >= 0.3 is 0 Å². The van der Waals surface area contributed by atoms with E-state index >= 15 is 0 Å². The molecular weight excluding hydrogens is 268 g/mol. The number of hydrogen-bond acceptors (Lipinski definition) is 5. The van der Waals surface area contributed by atoms with Crippen LogP contribution in [0.2, 0.25) is 0 Å². The van der Waals surface area contributed by atoms with Crippen molar-refractivity contribution in [2.45, 2.75) is 50.4 Å². The van der Waals surface area contributed by atoms with E-state index in [-0.39, 0.29) is 0 Å². The van der Waals surface area contributed by atoms with E-state index in [2.05, 4.69) is 40.8 Å². The van der Waals surface area contributed by atoms with Crippen molar-refractivity contribution < 1.29 is 0 Å². The molecule has 5 heteroatoms. The SMILES string of the molecule is CC1(C)CCN(c2cncc(CNC3CC3)n2)CCS1. The van der Waals surface area contributed by atoms with Gasteiger partial charge in [0.25, 0.3) is 0 Å². The summed E-state index contributed by atoms with van der Waals surface area (Å²) in [7, 11) is 0.